The molecule has 5 heteroatoms. The average molecular weight is 334 g/mol. The van der Waals surface area contributed by atoms with Crippen molar-refractivity contribution in [3.05, 3.63) is 29.3 Å². The largest absolute Gasteiger partial charge is 0.483 e. The van der Waals surface area contributed by atoms with Crippen molar-refractivity contribution in [1.29, 1.82) is 0 Å². The van der Waals surface area contributed by atoms with E-state index < -0.39 is 0 Å². The van der Waals surface area contributed by atoms with Crippen molar-refractivity contribution in [2.24, 2.45) is 5.92 Å². The van der Waals surface area contributed by atoms with E-state index in [0.717, 1.165) is 43.2 Å². The number of ether oxygens (including phenoxy) is 2. The van der Waals surface area contributed by atoms with Crippen LogP contribution in [0.25, 0.3) is 0 Å². The van der Waals surface area contributed by atoms with E-state index in [9.17, 15) is 4.79 Å². The Balaban J connectivity index is 1.82. The monoisotopic (exact) mass is 334 g/mol. The molecule has 1 heterocycles. The third kappa shape index (κ3) is 5.21. The summed E-state index contributed by atoms with van der Waals surface area (Å²) in [6, 6.07) is 6.31. The summed E-state index contributed by atoms with van der Waals surface area (Å²) >= 11 is 0. The van der Waals surface area contributed by atoms with Gasteiger partial charge in [-0.3, -0.25) is 9.69 Å². The number of benzene rings is 1. The van der Waals surface area contributed by atoms with E-state index in [1.807, 2.05) is 32.0 Å². The molecule has 1 unspecified atom stereocenters. The fraction of sp³-hybridized carbons (Fsp3) is 0.632. The normalized spacial score (nSPS) is 16.9. The number of carbonyl (C=O) groups is 1. The van der Waals surface area contributed by atoms with Gasteiger partial charge in [0.05, 0.1) is 13.2 Å². The number of hydrogen-bond acceptors (Lipinski definition) is 4. The molecule has 1 aliphatic rings. The Labute approximate surface area is 145 Å². The van der Waals surface area contributed by atoms with Gasteiger partial charge in [0, 0.05) is 25.7 Å². The second kappa shape index (κ2) is 9.04. The van der Waals surface area contributed by atoms with E-state index in [0.29, 0.717) is 18.5 Å². The van der Waals surface area contributed by atoms with Crippen LogP contribution in [0.5, 0.6) is 5.75 Å². The van der Waals surface area contributed by atoms with Crippen LogP contribution < -0.4 is 10.1 Å². The first-order chi connectivity index (χ1) is 11.5. The summed E-state index contributed by atoms with van der Waals surface area (Å²) in [7, 11) is 0. The lowest BCUT2D eigenvalue weighted by Gasteiger charge is -2.36. The first-order valence-corrected chi connectivity index (χ1v) is 8.76. The summed E-state index contributed by atoms with van der Waals surface area (Å²) in [6.07, 6.45) is 0. The number of carbonyl (C=O) groups excluding carboxylic acids is 1. The van der Waals surface area contributed by atoms with Crippen molar-refractivity contribution >= 4 is 5.91 Å². The summed E-state index contributed by atoms with van der Waals surface area (Å²) in [5.41, 5.74) is 2.10. The number of hydrogen-bond donors (Lipinski definition) is 1. The van der Waals surface area contributed by atoms with Crippen molar-refractivity contribution in [3.63, 3.8) is 0 Å². The molecule has 1 N–H and O–H groups in total. The molecule has 0 radical (unpaired) electrons. The van der Waals surface area contributed by atoms with E-state index in [1.54, 1.807) is 0 Å². The second-order valence-electron chi connectivity index (χ2n) is 6.77. The van der Waals surface area contributed by atoms with Crippen molar-refractivity contribution < 1.29 is 14.3 Å². The van der Waals surface area contributed by atoms with Crippen LogP contribution in [0.2, 0.25) is 0 Å². The van der Waals surface area contributed by atoms with Crippen LogP contribution in [0.4, 0.5) is 0 Å². The molecular formula is C19H30N2O3. The van der Waals surface area contributed by atoms with E-state index in [4.69, 9.17) is 9.47 Å². The number of nitrogens with one attached hydrogen (secondary N) is 1. The lowest BCUT2D eigenvalue weighted by atomic mass is 10.0. The minimum Gasteiger partial charge on any atom is -0.483 e. The highest BCUT2D eigenvalue weighted by molar-refractivity contribution is 5.77. The Hall–Kier alpha value is -1.59. The molecule has 5 nitrogen and oxygen atoms in total. The van der Waals surface area contributed by atoms with Crippen molar-refractivity contribution in [3.8, 4) is 5.75 Å². The van der Waals surface area contributed by atoms with Crippen molar-refractivity contribution in [2.45, 2.75) is 33.7 Å². The van der Waals surface area contributed by atoms with Gasteiger partial charge in [-0.15, -0.1) is 0 Å². The molecule has 1 aromatic rings. The summed E-state index contributed by atoms with van der Waals surface area (Å²) in [4.78, 5) is 14.6. The van der Waals surface area contributed by atoms with Crippen molar-refractivity contribution in [2.75, 3.05) is 39.5 Å². The molecule has 0 spiro atoms. The molecule has 0 saturated carbocycles. The summed E-state index contributed by atoms with van der Waals surface area (Å²) in [5, 5.41) is 3.02. The summed E-state index contributed by atoms with van der Waals surface area (Å²) in [5.74, 6) is 1.21. The number of para-hydroxylation sites is 1. The Kier molecular flexibility index (Phi) is 7.06. The SMILES string of the molecule is Cc1cccc(C)c1OCC(=O)NCC(C(C)C)N1CCOCC1. The number of amides is 1. The number of morpholine rings is 1. The Morgan fingerprint density at radius 2 is 1.88 bits per heavy atom. The van der Waals surface area contributed by atoms with Crippen LogP contribution in [0.15, 0.2) is 18.2 Å². The smallest absolute Gasteiger partial charge is 0.257 e. The van der Waals surface area contributed by atoms with Gasteiger partial charge in [-0.05, 0) is 30.9 Å². The molecule has 0 aliphatic carbocycles. The van der Waals surface area contributed by atoms with Crippen molar-refractivity contribution in [1.82, 2.24) is 10.2 Å². The lowest BCUT2D eigenvalue weighted by molar-refractivity contribution is -0.123. The van der Waals surface area contributed by atoms with Crippen LogP contribution in [0.1, 0.15) is 25.0 Å². The molecule has 0 aromatic heterocycles. The van der Waals surface area contributed by atoms with Crippen LogP contribution in [0.3, 0.4) is 0 Å². The molecule has 24 heavy (non-hydrogen) atoms. The lowest BCUT2D eigenvalue weighted by Crippen LogP contribution is -2.51. The van der Waals surface area contributed by atoms with Gasteiger partial charge in [-0.1, -0.05) is 32.0 Å². The predicted octanol–water partition coefficient (Wildman–Crippen LogP) is 2.16. The fourth-order valence-corrected chi connectivity index (χ4v) is 3.13. The van der Waals surface area contributed by atoms with Crippen LogP contribution in [0, 0.1) is 19.8 Å². The number of nitrogens with zero attached hydrogens (tertiary/aromatic N) is 1. The minimum absolute atomic E-state index is 0.0552. The highest BCUT2D eigenvalue weighted by atomic mass is 16.5. The fourth-order valence-electron chi connectivity index (χ4n) is 3.13. The van der Waals surface area contributed by atoms with Crippen LogP contribution in [-0.2, 0) is 9.53 Å². The molecule has 1 aliphatic heterocycles. The van der Waals surface area contributed by atoms with Crippen LogP contribution >= 0.6 is 0 Å². The highest BCUT2D eigenvalue weighted by Crippen LogP contribution is 2.22. The predicted molar refractivity (Wildman–Crippen MR) is 95.4 cm³/mol. The number of rotatable bonds is 7. The Morgan fingerprint density at radius 3 is 2.46 bits per heavy atom. The van der Waals surface area contributed by atoms with Gasteiger partial charge in [0.2, 0.25) is 0 Å². The Morgan fingerprint density at radius 1 is 1.25 bits per heavy atom. The Bertz CT molecular complexity index is 519. The van der Waals surface area contributed by atoms with Gasteiger partial charge in [0.15, 0.2) is 6.61 Å². The van der Waals surface area contributed by atoms with E-state index in [2.05, 4.69) is 24.1 Å². The number of aryl methyl sites for hydroxylation is 2. The molecule has 1 fully saturated rings. The summed E-state index contributed by atoms with van der Waals surface area (Å²) in [6.45, 7) is 12.5. The van der Waals surface area contributed by atoms with Gasteiger partial charge in [-0.25, -0.2) is 0 Å². The molecule has 0 bridgehead atoms. The zero-order chi connectivity index (χ0) is 17.5. The summed E-state index contributed by atoms with van der Waals surface area (Å²) < 4.78 is 11.1. The third-order valence-corrected chi connectivity index (χ3v) is 4.55. The second-order valence-corrected chi connectivity index (χ2v) is 6.77. The zero-order valence-corrected chi connectivity index (χ0v) is 15.3. The topological polar surface area (TPSA) is 50.8 Å². The van der Waals surface area contributed by atoms with Gasteiger partial charge < -0.3 is 14.8 Å². The molecule has 1 aromatic carbocycles. The zero-order valence-electron chi connectivity index (χ0n) is 15.3. The first kappa shape index (κ1) is 18.7. The standard InChI is InChI=1S/C19H30N2O3/c1-14(2)17(21-8-10-23-11-9-21)12-20-18(22)13-24-19-15(3)6-5-7-16(19)4/h5-7,14,17H,8-13H2,1-4H3,(H,20,22). The maximum Gasteiger partial charge on any atom is 0.257 e. The third-order valence-electron chi connectivity index (χ3n) is 4.55. The molecular weight excluding hydrogens is 304 g/mol. The maximum atomic E-state index is 12.2. The van der Waals surface area contributed by atoms with Gasteiger partial charge in [-0.2, -0.15) is 0 Å². The molecule has 1 saturated heterocycles. The van der Waals surface area contributed by atoms with Crippen LogP contribution in [-0.4, -0.2) is 56.3 Å². The maximum absolute atomic E-state index is 12.2. The molecule has 2 rings (SSSR count). The molecule has 1 atom stereocenters. The highest BCUT2D eigenvalue weighted by Gasteiger charge is 2.24. The van der Waals surface area contributed by atoms with Gasteiger partial charge in [0.25, 0.3) is 5.91 Å². The van der Waals surface area contributed by atoms with E-state index >= 15 is 0 Å². The van der Waals surface area contributed by atoms with E-state index in [1.165, 1.54) is 0 Å². The quantitative estimate of drug-likeness (QED) is 0.830. The molecule has 134 valence electrons. The average Bonchev–Trinajstić information content (AvgIpc) is 2.55. The minimum atomic E-state index is -0.0726. The van der Waals surface area contributed by atoms with E-state index in [-0.39, 0.29) is 12.5 Å². The molecule has 1 amide bonds. The first-order valence-electron chi connectivity index (χ1n) is 8.76. The van der Waals surface area contributed by atoms with Gasteiger partial charge >= 0.3 is 0 Å². The van der Waals surface area contributed by atoms with Gasteiger partial charge in [0.1, 0.15) is 5.75 Å².